The van der Waals surface area contributed by atoms with E-state index in [1.165, 1.54) is 11.3 Å². The fraction of sp³-hybridized carbons (Fsp3) is 0.471. The highest BCUT2D eigenvalue weighted by Gasteiger charge is 2.39. The van der Waals surface area contributed by atoms with Crippen LogP contribution < -0.4 is 15.8 Å². The second-order valence-corrected chi connectivity index (χ2v) is 7.14. The molecule has 0 aliphatic carbocycles. The number of anilines is 1. The van der Waals surface area contributed by atoms with Gasteiger partial charge in [0.1, 0.15) is 10.8 Å². The van der Waals surface area contributed by atoms with Crippen LogP contribution in [0.1, 0.15) is 23.4 Å². The fourth-order valence-corrected chi connectivity index (χ4v) is 3.62. The minimum Gasteiger partial charge on any atom is -0.497 e. The van der Waals surface area contributed by atoms with E-state index in [1.807, 2.05) is 24.3 Å². The average Bonchev–Trinajstić information content (AvgIpc) is 3.09. The summed E-state index contributed by atoms with van der Waals surface area (Å²) in [6, 6.07) is 7.81. The lowest BCUT2D eigenvalue weighted by atomic mass is 9.79. The molecule has 1 aromatic heterocycles. The van der Waals surface area contributed by atoms with Crippen LogP contribution in [0.15, 0.2) is 24.3 Å². The Morgan fingerprint density at radius 1 is 1.40 bits per heavy atom. The van der Waals surface area contributed by atoms with Crippen LogP contribution in [0, 0.1) is 5.41 Å². The van der Waals surface area contributed by atoms with Gasteiger partial charge in [0.2, 0.25) is 11.0 Å². The Morgan fingerprint density at radius 2 is 2.20 bits per heavy atom. The molecular formula is C17H22N4O3S. The van der Waals surface area contributed by atoms with Gasteiger partial charge in [-0.25, -0.2) is 0 Å². The van der Waals surface area contributed by atoms with E-state index in [9.17, 15) is 4.79 Å². The molecule has 8 heteroatoms. The Bertz CT molecular complexity index is 728. The van der Waals surface area contributed by atoms with Gasteiger partial charge in [0, 0.05) is 26.2 Å². The summed E-state index contributed by atoms with van der Waals surface area (Å²) in [5.74, 6) is 0.710. The Hall–Kier alpha value is -2.03. The molecule has 25 heavy (non-hydrogen) atoms. The highest BCUT2D eigenvalue weighted by molar-refractivity contribution is 7.15. The Morgan fingerprint density at radius 3 is 2.92 bits per heavy atom. The van der Waals surface area contributed by atoms with Crippen molar-refractivity contribution in [1.29, 1.82) is 0 Å². The van der Waals surface area contributed by atoms with E-state index in [4.69, 9.17) is 15.2 Å². The van der Waals surface area contributed by atoms with Crippen LogP contribution in [-0.2, 0) is 16.0 Å². The van der Waals surface area contributed by atoms with E-state index >= 15 is 0 Å². The van der Waals surface area contributed by atoms with Gasteiger partial charge in [-0.1, -0.05) is 23.5 Å². The molecule has 1 aliphatic heterocycles. The number of nitrogens with two attached hydrogens (primary N) is 1. The van der Waals surface area contributed by atoms with Crippen LogP contribution >= 0.6 is 11.3 Å². The molecule has 7 nitrogen and oxygen atoms in total. The number of methoxy groups -OCH3 is 1. The molecule has 0 bridgehead atoms. The smallest absolute Gasteiger partial charge is 0.233 e. The zero-order chi connectivity index (χ0) is 17.7. The van der Waals surface area contributed by atoms with Crippen LogP contribution in [0.25, 0.3) is 0 Å². The van der Waals surface area contributed by atoms with Gasteiger partial charge < -0.3 is 15.2 Å². The molecule has 1 aliphatic rings. The first-order valence-corrected chi connectivity index (χ1v) is 9.01. The van der Waals surface area contributed by atoms with Gasteiger partial charge in [-0.05, 0) is 30.5 Å². The molecule has 3 rings (SSSR count). The summed E-state index contributed by atoms with van der Waals surface area (Å²) in [6.45, 7) is 1.42. The minimum atomic E-state index is -0.573. The van der Waals surface area contributed by atoms with E-state index in [0.29, 0.717) is 44.2 Å². The molecule has 0 saturated carbocycles. The molecule has 0 radical (unpaired) electrons. The zero-order valence-corrected chi connectivity index (χ0v) is 15.0. The maximum Gasteiger partial charge on any atom is 0.233 e. The van der Waals surface area contributed by atoms with Gasteiger partial charge in [-0.15, -0.1) is 10.2 Å². The van der Waals surface area contributed by atoms with Crippen LogP contribution in [0.5, 0.6) is 5.75 Å². The van der Waals surface area contributed by atoms with E-state index in [-0.39, 0.29) is 5.91 Å². The normalized spacial score (nSPS) is 16.4. The summed E-state index contributed by atoms with van der Waals surface area (Å²) in [7, 11) is 1.64. The summed E-state index contributed by atoms with van der Waals surface area (Å²) >= 11 is 1.38. The maximum absolute atomic E-state index is 12.6. The lowest BCUT2D eigenvalue weighted by molar-refractivity contribution is -0.130. The third kappa shape index (κ3) is 4.15. The summed E-state index contributed by atoms with van der Waals surface area (Å²) in [5, 5.41) is 12.5. The van der Waals surface area contributed by atoms with Crippen LogP contribution in [-0.4, -0.2) is 43.0 Å². The predicted octanol–water partition coefficient (Wildman–Crippen LogP) is 1.83. The van der Waals surface area contributed by atoms with Gasteiger partial charge in [-0.3, -0.25) is 10.1 Å². The number of hydrogen-bond acceptors (Lipinski definition) is 7. The Kier molecular flexibility index (Phi) is 5.62. The second kappa shape index (κ2) is 7.90. The molecule has 1 saturated heterocycles. The number of hydrogen-bond donors (Lipinski definition) is 2. The average molecular weight is 362 g/mol. The van der Waals surface area contributed by atoms with Crippen molar-refractivity contribution in [3.63, 3.8) is 0 Å². The SMILES string of the molecule is COc1cccc(Cc2nnc(NC(=O)C3(CN)CCOCC3)s2)c1. The molecular weight excluding hydrogens is 340 g/mol. The van der Waals surface area contributed by atoms with Crippen LogP contribution in [0.3, 0.4) is 0 Å². The molecule has 2 heterocycles. The van der Waals surface area contributed by atoms with Gasteiger partial charge in [-0.2, -0.15) is 0 Å². The maximum atomic E-state index is 12.6. The Balaban J connectivity index is 1.65. The molecule has 0 spiro atoms. The standard InChI is InChI=1S/C17H22N4O3S/c1-23-13-4-2-3-12(9-13)10-14-20-21-16(25-14)19-15(22)17(11-18)5-7-24-8-6-17/h2-4,9H,5-8,10-11,18H2,1H3,(H,19,21,22). The number of benzene rings is 1. The number of aromatic nitrogens is 2. The van der Waals surface area contributed by atoms with Crippen molar-refractivity contribution in [2.24, 2.45) is 11.1 Å². The largest absolute Gasteiger partial charge is 0.497 e. The number of amides is 1. The topological polar surface area (TPSA) is 99.4 Å². The van der Waals surface area contributed by atoms with Crippen molar-refractivity contribution in [3.05, 3.63) is 34.8 Å². The molecule has 0 unspecified atom stereocenters. The van der Waals surface area contributed by atoms with Gasteiger partial charge in [0.15, 0.2) is 0 Å². The van der Waals surface area contributed by atoms with Crippen molar-refractivity contribution < 1.29 is 14.3 Å². The first-order chi connectivity index (χ1) is 12.1. The summed E-state index contributed by atoms with van der Waals surface area (Å²) in [4.78, 5) is 12.6. The van der Waals surface area contributed by atoms with E-state index < -0.39 is 5.41 Å². The molecule has 1 fully saturated rings. The highest BCUT2D eigenvalue weighted by Crippen LogP contribution is 2.31. The number of ether oxygens (including phenoxy) is 2. The third-order valence-electron chi connectivity index (χ3n) is 4.50. The van der Waals surface area contributed by atoms with Crippen LogP contribution in [0.4, 0.5) is 5.13 Å². The molecule has 0 atom stereocenters. The van der Waals surface area contributed by atoms with Crippen LogP contribution in [0.2, 0.25) is 0 Å². The van der Waals surface area contributed by atoms with E-state index in [1.54, 1.807) is 7.11 Å². The van der Waals surface area contributed by atoms with Crippen molar-refractivity contribution in [1.82, 2.24) is 10.2 Å². The van der Waals surface area contributed by atoms with Crippen molar-refractivity contribution in [2.75, 3.05) is 32.2 Å². The summed E-state index contributed by atoms with van der Waals surface area (Å²) < 4.78 is 10.6. The number of nitrogens with one attached hydrogen (secondary N) is 1. The van der Waals surface area contributed by atoms with Gasteiger partial charge in [0.05, 0.1) is 12.5 Å². The van der Waals surface area contributed by atoms with Crippen molar-refractivity contribution in [2.45, 2.75) is 19.3 Å². The zero-order valence-electron chi connectivity index (χ0n) is 14.2. The van der Waals surface area contributed by atoms with Crippen molar-refractivity contribution in [3.8, 4) is 5.75 Å². The molecule has 3 N–H and O–H groups in total. The molecule has 1 aromatic carbocycles. The number of rotatable bonds is 6. The summed E-state index contributed by atoms with van der Waals surface area (Å²) in [6.07, 6.45) is 1.90. The van der Waals surface area contributed by atoms with Gasteiger partial charge in [0.25, 0.3) is 0 Å². The number of carbonyl (C=O) groups excluding carboxylic acids is 1. The second-order valence-electron chi connectivity index (χ2n) is 6.08. The number of carbonyl (C=O) groups is 1. The third-order valence-corrected chi connectivity index (χ3v) is 5.34. The fourth-order valence-electron chi connectivity index (χ4n) is 2.85. The van der Waals surface area contributed by atoms with E-state index in [2.05, 4.69) is 15.5 Å². The minimum absolute atomic E-state index is 0.0950. The lowest BCUT2D eigenvalue weighted by Gasteiger charge is -2.34. The van der Waals surface area contributed by atoms with E-state index in [0.717, 1.165) is 16.3 Å². The lowest BCUT2D eigenvalue weighted by Crippen LogP contribution is -2.46. The molecule has 2 aromatic rings. The number of nitrogens with zero attached hydrogens (tertiary/aromatic N) is 2. The Labute approximate surface area is 150 Å². The molecule has 134 valence electrons. The first-order valence-electron chi connectivity index (χ1n) is 8.20. The molecule has 1 amide bonds. The predicted molar refractivity (Wildman–Crippen MR) is 95.9 cm³/mol. The first kappa shape index (κ1) is 17.8. The highest BCUT2D eigenvalue weighted by atomic mass is 32.1. The van der Waals surface area contributed by atoms with Crippen molar-refractivity contribution >= 4 is 22.4 Å². The van der Waals surface area contributed by atoms with Gasteiger partial charge >= 0.3 is 0 Å². The summed E-state index contributed by atoms with van der Waals surface area (Å²) in [5.41, 5.74) is 6.37. The quantitative estimate of drug-likeness (QED) is 0.813. The monoisotopic (exact) mass is 362 g/mol.